The molecule has 1 atom stereocenters. The van der Waals surface area contributed by atoms with Gasteiger partial charge >= 0.3 is 0 Å². The molecule has 0 unspecified atom stereocenters. The van der Waals surface area contributed by atoms with Crippen LogP contribution in [0.1, 0.15) is 33.3 Å². The number of rotatable bonds is 6. The Morgan fingerprint density at radius 2 is 1.70 bits per heavy atom. The summed E-state index contributed by atoms with van der Waals surface area (Å²) in [5, 5.41) is 2.48. The van der Waals surface area contributed by atoms with Gasteiger partial charge in [0.2, 0.25) is 15.9 Å². The maximum absolute atomic E-state index is 12.5. The largest absolute Gasteiger partial charge is 0.325 e. The lowest BCUT2D eigenvalue weighted by atomic mass is 10.1. The van der Waals surface area contributed by atoms with Gasteiger partial charge in [-0.25, -0.2) is 13.1 Å². The van der Waals surface area contributed by atoms with Crippen molar-refractivity contribution < 1.29 is 13.2 Å². The zero-order chi connectivity index (χ0) is 20.2. The van der Waals surface area contributed by atoms with Gasteiger partial charge in [-0.3, -0.25) is 4.79 Å². The molecule has 0 bridgehead atoms. The molecule has 0 heterocycles. The van der Waals surface area contributed by atoms with Crippen LogP contribution in [0.15, 0.2) is 58.3 Å². The van der Waals surface area contributed by atoms with E-state index in [1.807, 2.05) is 38.1 Å². The van der Waals surface area contributed by atoms with Gasteiger partial charge in [-0.2, -0.15) is 0 Å². The Morgan fingerprint density at radius 1 is 1.07 bits per heavy atom. The third-order valence-corrected chi connectivity index (χ3v) is 6.42. The highest BCUT2D eigenvalue weighted by Gasteiger charge is 2.22. The first kappa shape index (κ1) is 21.5. The highest BCUT2D eigenvalue weighted by molar-refractivity contribution is 8.00. The number of sulfonamides is 1. The molecule has 2 N–H and O–H groups in total. The van der Waals surface area contributed by atoms with Gasteiger partial charge in [0.25, 0.3) is 0 Å². The molecule has 2 aromatic carbocycles. The third-order valence-electron chi connectivity index (χ3n) is 3.56. The van der Waals surface area contributed by atoms with E-state index < -0.39 is 15.6 Å². The highest BCUT2D eigenvalue weighted by Crippen LogP contribution is 2.25. The van der Waals surface area contributed by atoms with Crippen molar-refractivity contribution in [1.29, 1.82) is 0 Å². The van der Waals surface area contributed by atoms with Gasteiger partial charge in [-0.05, 0) is 65.0 Å². The molecule has 1 amide bonds. The number of carbonyl (C=O) groups is 1. The van der Waals surface area contributed by atoms with E-state index in [-0.39, 0.29) is 16.1 Å². The summed E-state index contributed by atoms with van der Waals surface area (Å²) in [4.78, 5) is 13.6. The van der Waals surface area contributed by atoms with E-state index in [1.54, 1.807) is 32.9 Å². The van der Waals surface area contributed by atoms with Crippen LogP contribution in [0.5, 0.6) is 0 Å². The molecule has 27 heavy (non-hydrogen) atoms. The standard InChI is InChI=1S/C20H26N2O3S2/c1-14-9-11-17(12-10-14)26-15(2)19(23)21-16-7-6-8-18(13-16)27(24,25)22-20(3,4)5/h6-13,15,22H,1-5H3,(H,21,23)/t15-/m1/s1. The second-order valence-electron chi connectivity index (χ2n) is 7.45. The van der Waals surface area contributed by atoms with Crippen LogP contribution in [0.25, 0.3) is 0 Å². The van der Waals surface area contributed by atoms with E-state index in [2.05, 4.69) is 10.0 Å². The van der Waals surface area contributed by atoms with Crippen molar-refractivity contribution in [2.24, 2.45) is 0 Å². The quantitative estimate of drug-likeness (QED) is 0.705. The molecular weight excluding hydrogens is 380 g/mol. The van der Waals surface area contributed by atoms with Crippen molar-refractivity contribution >= 4 is 33.4 Å². The minimum Gasteiger partial charge on any atom is -0.325 e. The van der Waals surface area contributed by atoms with E-state index in [4.69, 9.17) is 0 Å². The van der Waals surface area contributed by atoms with Crippen LogP contribution in [0, 0.1) is 6.92 Å². The van der Waals surface area contributed by atoms with Crippen molar-refractivity contribution in [3.05, 3.63) is 54.1 Å². The molecule has 2 rings (SSSR count). The summed E-state index contributed by atoms with van der Waals surface area (Å²) in [6.07, 6.45) is 0. The fraction of sp³-hybridized carbons (Fsp3) is 0.350. The topological polar surface area (TPSA) is 75.3 Å². The molecule has 146 valence electrons. The Hall–Kier alpha value is -1.83. The number of benzene rings is 2. The molecule has 0 saturated carbocycles. The molecule has 0 spiro atoms. The number of carbonyl (C=O) groups excluding carboxylic acids is 1. The zero-order valence-electron chi connectivity index (χ0n) is 16.2. The summed E-state index contributed by atoms with van der Waals surface area (Å²) in [5.74, 6) is -0.182. The molecule has 5 nitrogen and oxygen atoms in total. The van der Waals surface area contributed by atoms with Gasteiger partial charge in [-0.15, -0.1) is 11.8 Å². The predicted octanol–water partition coefficient (Wildman–Crippen LogP) is 4.19. The average molecular weight is 407 g/mol. The predicted molar refractivity (Wildman–Crippen MR) is 112 cm³/mol. The van der Waals surface area contributed by atoms with Crippen LogP contribution in [0.2, 0.25) is 0 Å². The Bertz CT molecular complexity index is 902. The lowest BCUT2D eigenvalue weighted by Crippen LogP contribution is -2.40. The molecule has 0 aliphatic heterocycles. The summed E-state index contributed by atoms with van der Waals surface area (Å²) in [6, 6.07) is 14.2. The van der Waals surface area contributed by atoms with Gasteiger partial charge in [0.15, 0.2) is 0 Å². The first-order valence-corrected chi connectivity index (χ1v) is 11.0. The van der Waals surface area contributed by atoms with Crippen molar-refractivity contribution in [3.63, 3.8) is 0 Å². The van der Waals surface area contributed by atoms with E-state index in [0.29, 0.717) is 5.69 Å². The lowest BCUT2D eigenvalue weighted by molar-refractivity contribution is -0.115. The summed E-state index contributed by atoms with van der Waals surface area (Å²) in [5.41, 5.74) is 1.03. The van der Waals surface area contributed by atoms with Gasteiger partial charge < -0.3 is 5.32 Å². The molecular formula is C20H26N2O3S2. The van der Waals surface area contributed by atoms with Crippen LogP contribution in [0.4, 0.5) is 5.69 Å². The lowest BCUT2D eigenvalue weighted by Gasteiger charge is -2.20. The van der Waals surface area contributed by atoms with Crippen molar-refractivity contribution in [2.45, 2.75) is 55.2 Å². The van der Waals surface area contributed by atoms with Crippen molar-refractivity contribution in [2.75, 3.05) is 5.32 Å². The first-order chi connectivity index (χ1) is 12.5. The molecule has 0 saturated heterocycles. The van der Waals surface area contributed by atoms with Gasteiger partial charge in [0.05, 0.1) is 10.1 Å². The van der Waals surface area contributed by atoms with E-state index >= 15 is 0 Å². The molecule has 0 fully saturated rings. The third kappa shape index (κ3) is 6.68. The van der Waals surface area contributed by atoms with Gasteiger partial charge in [-0.1, -0.05) is 23.8 Å². The highest BCUT2D eigenvalue weighted by atomic mass is 32.2. The van der Waals surface area contributed by atoms with Crippen LogP contribution in [-0.2, 0) is 14.8 Å². The fourth-order valence-corrected chi connectivity index (χ4v) is 4.65. The Balaban J connectivity index is 2.08. The minimum absolute atomic E-state index is 0.120. The number of anilines is 1. The number of amides is 1. The number of hydrogen-bond acceptors (Lipinski definition) is 4. The summed E-state index contributed by atoms with van der Waals surface area (Å²) in [6.45, 7) is 9.17. The smallest absolute Gasteiger partial charge is 0.241 e. The summed E-state index contributed by atoms with van der Waals surface area (Å²) in [7, 11) is -3.66. The maximum Gasteiger partial charge on any atom is 0.241 e. The Morgan fingerprint density at radius 3 is 2.30 bits per heavy atom. The second-order valence-corrected chi connectivity index (χ2v) is 10.5. The molecule has 0 radical (unpaired) electrons. The maximum atomic E-state index is 12.5. The van der Waals surface area contributed by atoms with Gasteiger partial charge in [0, 0.05) is 16.1 Å². The monoisotopic (exact) mass is 406 g/mol. The minimum atomic E-state index is -3.66. The number of hydrogen-bond donors (Lipinski definition) is 2. The number of thioether (sulfide) groups is 1. The summed E-state index contributed by atoms with van der Waals surface area (Å²) < 4.78 is 27.5. The number of nitrogens with one attached hydrogen (secondary N) is 2. The van der Waals surface area contributed by atoms with Crippen LogP contribution in [0.3, 0.4) is 0 Å². The molecule has 0 aliphatic carbocycles. The van der Waals surface area contributed by atoms with Gasteiger partial charge in [0.1, 0.15) is 0 Å². The van der Waals surface area contributed by atoms with Crippen LogP contribution >= 0.6 is 11.8 Å². The average Bonchev–Trinajstić information content (AvgIpc) is 2.55. The number of aryl methyl sites for hydroxylation is 1. The van der Waals surface area contributed by atoms with Crippen molar-refractivity contribution in [3.8, 4) is 0 Å². The van der Waals surface area contributed by atoms with E-state index in [9.17, 15) is 13.2 Å². The second kappa shape index (κ2) is 8.46. The molecule has 0 aromatic heterocycles. The van der Waals surface area contributed by atoms with Crippen molar-refractivity contribution in [1.82, 2.24) is 4.72 Å². The van der Waals surface area contributed by atoms with Crippen LogP contribution < -0.4 is 10.0 Å². The fourth-order valence-electron chi connectivity index (χ4n) is 2.32. The van der Waals surface area contributed by atoms with E-state index in [1.165, 1.54) is 29.5 Å². The molecule has 2 aromatic rings. The summed E-state index contributed by atoms with van der Waals surface area (Å²) >= 11 is 1.45. The SMILES string of the molecule is Cc1ccc(S[C@H](C)C(=O)Nc2cccc(S(=O)(=O)NC(C)(C)C)c2)cc1. The molecule has 0 aliphatic rings. The first-order valence-electron chi connectivity index (χ1n) is 8.64. The van der Waals surface area contributed by atoms with Crippen LogP contribution in [-0.4, -0.2) is 25.1 Å². The zero-order valence-corrected chi connectivity index (χ0v) is 17.9. The normalized spacial score (nSPS) is 13.2. The Labute approximate surface area is 166 Å². The molecule has 7 heteroatoms. The van der Waals surface area contributed by atoms with E-state index in [0.717, 1.165) is 4.90 Å². The Kier molecular flexibility index (Phi) is 6.72.